The molecule has 0 aliphatic heterocycles. The molecule has 0 radical (unpaired) electrons. The molecule has 1 amide bonds. The van der Waals surface area contributed by atoms with Gasteiger partial charge >= 0.3 is 0 Å². The molecular weight excluding hydrogens is 226 g/mol. The summed E-state index contributed by atoms with van der Waals surface area (Å²) in [5.74, 6) is -0.249. The molecule has 0 bridgehead atoms. The second-order valence-electron chi connectivity index (χ2n) is 5.43. The number of hydrazine groups is 1. The van der Waals surface area contributed by atoms with Crippen molar-refractivity contribution < 1.29 is 4.79 Å². The second kappa shape index (κ2) is 5.19. The number of hydrogen-bond donors (Lipinski definition) is 2. The zero-order valence-electron chi connectivity index (χ0n) is 11.2. The number of carbonyl (C=O) groups excluding carboxylic acids is 1. The zero-order valence-corrected chi connectivity index (χ0v) is 11.2. The molecule has 0 saturated heterocycles. The zero-order chi connectivity index (χ0) is 13.8. The normalized spacial score (nSPS) is 14.4. The van der Waals surface area contributed by atoms with Crippen molar-refractivity contribution in [2.75, 3.05) is 0 Å². The third-order valence-corrected chi connectivity index (χ3v) is 3.19. The van der Waals surface area contributed by atoms with Crippen molar-refractivity contribution in [3.8, 4) is 6.07 Å². The van der Waals surface area contributed by atoms with Crippen LogP contribution in [0, 0.1) is 16.7 Å². The third-order valence-electron chi connectivity index (χ3n) is 3.19. The molecule has 0 spiro atoms. The van der Waals surface area contributed by atoms with E-state index in [9.17, 15) is 10.1 Å². The van der Waals surface area contributed by atoms with E-state index < -0.39 is 5.54 Å². The predicted octanol–water partition coefficient (Wildman–Crippen LogP) is 2.25. The number of nitriles is 1. The Hall–Kier alpha value is -1.86. The van der Waals surface area contributed by atoms with E-state index in [0.717, 1.165) is 0 Å². The monoisotopic (exact) mass is 245 g/mol. The van der Waals surface area contributed by atoms with Crippen LogP contribution in [-0.4, -0.2) is 11.4 Å². The van der Waals surface area contributed by atoms with E-state index in [-0.39, 0.29) is 11.3 Å². The SMILES string of the molecule is CC(C)(C)C(C)(C#N)NNC(=O)c1ccccc1. The van der Waals surface area contributed by atoms with Gasteiger partial charge in [-0.25, -0.2) is 5.43 Å². The molecule has 0 saturated carbocycles. The minimum Gasteiger partial charge on any atom is -0.286 e. The summed E-state index contributed by atoms with van der Waals surface area (Å²) in [6.45, 7) is 7.59. The van der Waals surface area contributed by atoms with E-state index in [1.807, 2.05) is 26.8 Å². The molecule has 0 aliphatic carbocycles. The Balaban J connectivity index is 2.72. The molecular formula is C14H19N3O. The molecule has 1 aromatic rings. The maximum atomic E-state index is 11.9. The molecule has 2 N–H and O–H groups in total. The Morgan fingerprint density at radius 1 is 1.17 bits per heavy atom. The number of carbonyl (C=O) groups is 1. The first-order valence-electron chi connectivity index (χ1n) is 5.84. The van der Waals surface area contributed by atoms with Crippen LogP contribution >= 0.6 is 0 Å². The van der Waals surface area contributed by atoms with Gasteiger partial charge in [0.25, 0.3) is 5.91 Å². The van der Waals surface area contributed by atoms with E-state index in [2.05, 4.69) is 16.9 Å². The summed E-state index contributed by atoms with van der Waals surface area (Å²) in [6, 6.07) is 11.1. The van der Waals surface area contributed by atoms with E-state index in [1.165, 1.54) is 0 Å². The summed E-state index contributed by atoms with van der Waals surface area (Å²) in [6.07, 6.45) is 0. The fourth-order valence-corrected chi connectivity index (χ4v) is 1.23. The Morgan fingerprint density at radius 3 is 2.17 bits per heavy atom. The maximum Gasteiger partial charge on any atom is 0.265 e. The van der Waals surface area contributed by atoms with Gasteiger partial charge in [0.2, 0.25) is 0 Å². The van der Waals surface area contributed by atoms with E-state index in [1.54, 1.807) is 31.2 Å². The number of hydrogen-bond acceptors (Lipinski definition) is 3. The molecule has 1 aromatic carbocycles. The van der Waals surface area contributed by atoms with Gasteiger partial charge in [-0.3, -0.25) is 10.2 Å². The first-order chi connectivity index (χ1) is 8.30. The number of nitrogens with one attached hydrogen (secondary N) is 2. The quantitative estimate of drug-likeness (QED) is 0.803. The first kappa shape index (κ1) is 14.2. The van der Waals surface area contributed by atoms with Crippen molar-refractivity contribution in [3.05, 3.63) is 35.9 Å². The van der Waals surface area contributed by atoms with Gasteiger partial charge in [0, 0.05) is 5.56 Å². The minimum absolute atomic E-state index is 0.249. The molecule has 1 unspecified atom stereocenters. The van der Waals surface area contributed by atoms with E-state index >= 15 is 0 Å². The maximum absolute atomic E-state index is 11.9. The smallest absolute Gasteiger partial charge is 0.265 e. The van der Waals surface area contributed by atoms with E-state index in [0.29, 0.717) is 5.56 Å². The molecule has 0 fully saturated rings. The van der Waals surface area contributed by atoms with Gasteiger partial charge in [-0.05, 0) is 24.5 Å². The number of nitrogens with zero attached hydrogens (tertiary/aromatic N) is 1. The topological polar surface area (TPSA) is 64.9 Å². The fraction of sp³-hybridized carbons (Fsp3) is 0.429. The van der Waals surface area contributed by atoms with Crippen LogP contribution in [0.5, 0.6) is 0 Å². The summed E-state index contributed by atoms with van der Waals surface area (Å²) in [5.41, 5.74) is 4.83. The summed E-state index contributed by atoms with van der Waals surface area (Å²) < 4.78 is 0. The lowest BCUT2D eigenvalue weighted by Crippen LogP contribution is -2.58. The summed E-state index contributed by atoms with van der Waals surface area (Å²) in [7, 11) is 0. The Bertz CT molecular complexity index is 456. The number of benzene rings is 1. The van der Waals surface area contributed by atoms with E-state index in [4.69, 9.17) is 0 Å². The van der Waals surface area contributed by atoms with Gasteiger partial charge in [0.1, 0.15) is 5.54 Å². The number of amides is 1. The van der Waals surface area contributed by atoms with Crippen LogP contribution in [0.4, 0.5) is 0 Å². The molecule has 18 heavy (non-hydrogen) atoms. The lowest BCUT2D eigenvalue weighted by molar-refractivity contribution is 0.0885. The molecule has 0 aromatic heterocycles. The van der Waals surface area contributed by atoms with Crippen LogP contribution in [0.1, 0.15) is 38.1 Å². The largest absolute Gasteiger partial charge is 0.286 e. The van der Waals surface area contributed by atoms with Crippen molar-refractivity contribution in [1.82, 2.24) is 10.9 Å². The lowest BCUT2D eigenvalue weighted by Gasteiger charge is -2.36. The highest BCUT2D eigenvalue weighted by Crippen LogP contribution is 2.28. The van der Waals surface area contributed by atoms with Gasteiger partial charge in [0.05, 0.1) is 6.07 Å². The second-order valence-corrected chi connectivity index (χ2v) is 5.43. The average molecular weight is 245 g/mol. The van der Waals surface area contributed by atoms with Crippen LogP contribution in [0.25, 0.3) is 0 Å². The highest BCUT2D eigenvalue weighted by atomic mass is 16.2. The van der Waals surface area contributed by atoms with Crippen LogP contribution in [-0.2, 0) is 0 Å². The molecule has 1 atom stereocenters. The molecule has 0 heterocycles. The highest BCUT2D eigenvalue weighted by molar-refractivity contribution is 5.93. The fourth-order valence-electron chi connectivity index (χ4n) is 1.23. The standard InChI is InChI=1S/C14H19N3O/c1-13(2,3)14(4,10-15)17-16-12(18)11-8-6-5-7-9-11/h5-9,17H,1-4H3,(H,16,18). The van der Waals surface area contributed by atoms with Crippen molar-refractivity contribution in [3.63, 3.8) is 0 Å². The summed E-state index contributed by atoms with van der Waals surface area (Å²) in [5, 5.41) is 9.24. The molecule has 96 valence electrons. The molecule has 4 nitrogen and oxygen atoms in total. The van der Waals surface area contributed by atoms with Gasteiger partial charge in [0.15, 0.2) is 0 Å². The van der Waals surface area contributed by atoms with Crippen LogP contribution in [0.2, 0.25) is 0 Å². The van der Waals surface area contributed by atoms with Crippen molar-refractivity contribution in [2.24, 2.45) is 5.41 Å². The summed E-state index contributed by atoms with van der Waals surface area (Å²) >= 11 is 0. The average Bonchev–Trinajstić information content (AvgIpc) is 2.35. The third kappa shape index (κ3) is 3.08. The molecule has 0 aliphatic rings. The van der Waals surface area contributed by atoms with Crippen LogP contribution in [0.15, 0.2) is 30.3 Å². The Kier molecular flexibility index (Phi) is 4.10. The van der Waals surface area contributed by atoms with Gasteiger partial charge in [-0.1, -0.05) is 39.0 Å². The summed E-state index contributed by atoms with van der Waals surface area (Å²) in [4.78, 5) is 11.9. The van der Waals surface area contributed by atoms with Crippen LogP contribution < -0.4 is 10.9 Å². The Morgan fingerprint density at radius 2 is 1.72 bits per heavy atom. The molecule has 1 rings (SSSR count). The van der Waals surface area contributed by atoms with Gasteiger partial charge in [-0.15, -0.1) is 0 Å². The van der Waals surface area contributed by atoms with Crippen molar-refractivity contribution >= 4 is 5.91 Å². The van der Waals surface area contributed by atoms with Gasteiger partial charge in [-0.2, -0.15) is 5.26 Å². The van der Waals surface area contributed by atoms with Gasteiger partial charge < -0.3 is 0 Å². The van der Waals surface area contributed by atoms with Crippen molar-refractivity contribution in [2.45, 2.75) is 33.2 Å². The Labute approximate surface area is 108 Å². The lowest BCUT2D eigenvalue weighted by atomic mass is 9.76. The number of rotatable bonds is 3. The van der Waals surface area contributed by atoms with Crippen molar-refractivity contribution in [1.29, 1.82) is 5.26 Å². The molecule has 4 heteroatoms. The highest BCUT2D eigenvalue weighted by Gasteiger charge is 2.38. The first-order valence-corrected chi connectivity index (χ1v) is 5.84. The minimum atomic E-state index is -0.836. The predicted molar refractivity (Wildman–Crippen MR) is 70.5 cm³/mol. The van der Waals surface area contributed by atoms with Crippen LogP contribution in [0.3, 0.4) is 0 Å².